The number of ether oxygens (including phenoxy) is 1. The molecule has 0 N–H and O–H groups in total. The highest BCUT2D eigenvalue weighted by atomic mass is 19.2. The molecule has 1 radical (unpaired) electrons. The Bertz CT molecular complexity index is 273. The summed E-state index contributed by atoms with van der Waals surface area (Å²) in [5, 5.41) is 0. The summed E-state index contributed by atoms with van der Waals surface area (Å²) in [5.41, 5.74) is 0. The Kier molecular flexibility index (Phi) is 2.03. The molecule has 0 bridgehead atoms. The number of hydrogen-bond donors (Lipinski definition) is 0. The van der Waals surface area contributed by atoms with Crippen molar-refractivity contribution in [3.63, 3.8) is 0 Å². The van der Waals surface area contributed by atoms with E-state index < -0.39 is 17.5 Å². The molecule has 0 amide bonds. The highest BCUT2D eigenvalue weighted by molar-refractivity contribution is 5.24. The molecule has 0 aliphatic heterocycles. The van der Waals surface area contributed by atoms with Crippen LogP contribution in [0.1, 0.15) is 0 Å². The Morgan fingerprint density at radius 3 is 2.45 bits per heavy atom. The Labute approximate surface area is 61.4 Å². The number of hydrogen-bond acceptors (Lipinski definition) is 1. The van der Waals surface area contributed by atoms with Crippen molar-refractivity contribution in [1.82, 2.24) is 0 Å². The second-order valence-corrected chi connectivity index (χ2v) is 1.81. The highest BCUT2D eigenvalue weighted by Gasteiger charge is 2.09. The van der Waals surface area contributed by atoms with Gasteiger partial charge in [-0.3, -0.25) is 0 Å². The molecule has 1 nitrogen and oxygen atoms in total. The number of methoxy groups -OCH3 is 1. The maximum absolute atomic E-state index is 12.4. The zero-order valence-electron chi connectivity index (χ0n) is 5.62. The largest absolute Gasteiger partial charge is 0.494 e. The standard InChI is InChI=1S/C7H4F3O/c1-11-7-3-5(9)4(8)2-6(7)10/h3H,1H3. The molecule has 1 aromatic carbocycles. The summed E-state index contributed by atoms with van der Waals surface area (Å²) in [5.74, 6) is -3.91. The quantitative estimate of drug-likeness (QED) is 0.571. The van der Waals surface area contributed by atoms with Gasteiger partial charge in [-0.25, -0.2) is 13.2 Å². The minimum atomic E-state index is -1.34. The average Bonchev–Trinajstić information content (AvgIpc) is 1.97. The van der Waals surface area contributed by atoms with Crippen molar-refractivity contribution in [2.45, 2.75) is 0 Å². The van der Waals surface area contributed by atoms with Crippen LogP contribution in [0.3, 0.4) is 0 Å². The van der Waals surface area contributed by atoms with Crippen molar-refractivity contribution in [3.05, 3.63) is 29.6 Å². The van der Waals surface area contributed by atoms with E-state index >= 15 is 0 Å². The summed E-state index contributed by atoms with van der Waals surface area (Å²) < 4.78 is 41.3. The molecule has 4 heteroatoms. The Morgan fingerprint density at radius 1 is 1.27 bits per heavy atom. The normalized spacial score (nSPS) is 9.82. The van der Waals surface area contributed by atoms with Crippen LogP contribution in [0.25, 0.3) is 0 Å². The van der Waals surface area contributed by atoms with Crippen molar-refractivity contribution < 1.29 is 17.9 Å². The number of halogens is 3. The van der Waals surface area contributed by atoms with Crippen LogP contribution < -0.4 is 4.74 Å². The molecule has 0 fully saturated rings. The monoisotopic (exact) mass is 161 g/mol. The van der Waals surface area contributed by atoms with Gasteiger partial charge in [-0.1, -0.05) is 0 Å². The molecule has 0 unspecified atom stereocenters. The van der Waals surface area contributed by atoms with Gasteiger partial charge in [0.1, 0.15) is 0 Å². The third-order valence-corrected chi connectivity index (χ3v) is 1.12. The second kappa shape index (κ2) is 2.82. The van der Waals surface area contributed by atoms with Gasteiger partial charge in [0.05, 0.1) is 13.2 Å². The van der Waals surface area contributed by atoms with Crippen LogP contribution in [0.5, 0.6) is 5.75 Å². The van der Waals surface area contributed by atoms with Crippen LogP contribution in [-0.4, -0.2) is 7.11 Å². The van der Waals surface area contributed by atoms with Crippen LogP contribution in [0, 0.1) is 23.5 Å². The van der Waals surface area contributed by atoms with E-state index in [-0.39, 0.29) is 5.75 Å². The molecule has 1 rings (SSSR count). The average molecular weight is 161 g/mol. The van der Waals surface area contributed by atoms with E-state index in [4.69, 9.17) is 0 Å². The fraction of sp³-hybridized carbons (Fsp3) is 0.143. The van der Waals surface area contributed by atoms with Crippen molar-refractivity contribution in [2.75, 3.05) is 7.11 Å². The van der Waals surface area contributed by atoms with E-state index in [1.165, 1.54) is 6.07 Å². The lowest BCUT2D eigenvalue weighted by molar-refractivity contribution is 0.375. The fourth-order valence-electron chi connectivity index (χ4n) is 0.608. The van der Waals surface area contributed by atoms with Crippen LogP contribution in [0.4, 0.5) is 13.2 Å². The molecular weight excluding hydrogens is 157 g/mol. The predicted molar refractivity (Wildman–Crippen MR) is 31.7 cm³/mol. The van der Waals surface area contributed by atoms with Crippen LogP contribution in [0.15, 0.2) is 6.07 Å². The zero-order valence-corrected chi connectivity index (χ0v) is 5.62. The predicted octanol–water partition coefficient (Wildman–Crippen LogP) is 1.91. The maximum atomic E-state index is 12.4. The van der Waals surface area contributed by atoms with Crippen LogP contribution >= 0.6 is 0 Å². The lowest BCUT2D eigenvalue weighted by Gasteiger charge is -2.00. The molecule has 11 heavy (non-hydrogen) atoms. The number of rotatable bonds is 1. The highest BCUT2D eigenvalue weighted by Crippen LogP contribution is 2.18. The molecule has 0 saturated carbocycles. The molecule has 0 aromatic heterocycles. The Hall–Kier alpha value is -1.19. The van der Waals surface area contributed by atoms with E-state index in [9.17, 15) is 13.2 Å². The fourth-order valence-corrected chi connectivity index (χ4v) is 0.608. The molecule has 0 atom stereocenters. The summed E-state index contributed by atoms with van der Waals surface area (Å²) in [6, 6.07) is 2.15. The van der Waals surface area contributed by atoms with E-state index in [2.05, 4.69) is 4.74 Å². The first-order valence-electron chi connectivity index (χ1n) is 2.76. The minimum absolute atomic E-state index is 0.357. The third kappa shape index (κ3) is 1.45. The topological polar surface area (TPSA) is 9.23 Å². The van der Waals surface area contributed by atoms with Gasteiger partial charge in [-0.15, -0.1) is 0 Å². The molecular formula is C7H4F3O. The van der Waals surface area contributed by atoms with E-state index in [0.29, 0.717) is 6.07 Å². The molecule has 0 spiro atoms. The first-order valence-corrected chi connectivity index (χ1v) is 2.76. The Morgan fingerprint density at radius 2 is 1.91 bits per heavy atom. The van der Waals surface area contributed by atoms with Crippen molar-refractivity contribution >= 4 is 0 Å². The van der Waals surface area contributed by atoms with Crippen molar-refractivity contribution in [3.8, 4) is 5.75 Å². The van der Waals surface area contributed by atoms with Crippen LogP contribution in [0.2, 0.25) is 0 Å². The second-order valence-electron chi connectivity index (χ2n) is 1.81. The van der Waals surface area contributed by atoms with E-state index in [1.807, 2.05) is 0 Å². The van der Waals surface area contributed by atoms with Crippen LogP contribution in [-0.2, 0) is 0 Å². The lowest BCUT2D eigenvalue weighted by atomic mass is 10.3. The van der Waals surface area contributed by atoms with Crippen molar-refractivity contribution in [2.24, 2.45) is 0 Å². The SMILES string of the molecule is COc1cc(F)c(F)[c]c1F. The Balaban J connectivity index is 3.21. The maximum Gasteiger partial charge on any atom is 0.176 e. The first-order chi connectivity index (χ1) is 5.15. The lowest BCUT2D eigenvalue weighted by Crippen LogP contribution is -1.92. The van der Waals surface area contributed by atoms with E-state index in [0.717, 1.165) is 7.11 Å². The molecule has 1 aromatic rings. The smallest absolute Gasteiger partial charge is 0.176 e. The summed E-state index contributed by atoms with van der Waals surface area (Å²) in [4.78, 5) is 0. The first kappa shape index (κ1) is 7.91. The summed E-state index contributed by atoms with van der Waals surface area (Å²) in [6.07, 6.45) is 0. The zero-order chi connectivity index (χ0) is 8.43. The summed E-state index contributed by atoms with van der Waals surface area (Å²) in [6.45, 7) is 0. The number of benzene rings is 1. The molecule has 0 aliphatic rings. The minimum Gasteiger partial charge on any atom is -0.494 e. The van der Waals surface area contributed by atoms with Gasteiger partial charge in [-0.05, 0) is 0 Å². The van der Waals surface area contributed by atoms with Crippen molar-refractivity contribution in [1.29, 1.82) is 0 Å². The summed E-state index contributed by atoms with van der Waals surface area (Å²) in [7, 11) is 1.16. The molecule has 59 valence electrons. The van der Waals surface area contributed by atoms with Gasteiger partial charge >= 0.3 is 0 Å². The molecule has 0 saturated heterocycles. The van der Waals surface area contributed by atoms with Gasteiger partial charge in [-0.2, -0.15) is 0 Å². The molecule has 0 aliphatic carbocycles. The summed E-state index contributed by atoms with van der Waals surface area (Å²) >= 11 is 0. The van der Waals surface area contributed by atoms with Gasteiger partial charge in [0.25, 0.3) is 0 Å². The van der Waals surface area contributed by atoms with Gasteiger partial charge < -0.3 is 4.74 Å². The van der Waals surface area contributed by atoms with Gasteiger partial charge in [0, 0.05) is 6.07 Å². The van der Waals surface area contributed by atoms with Gasteiger partial charge in [0.15, 0.2) is 23.2 Å². The van der Waals surface area contributed by atoms with Gasteiger partial charge in [0.2, 0.25) is 0 Å². The van der Waals surface area contributed by atoms with E-state index in [1.54, 1.807) is 0 Å². The third-order valence-electron chi connectivity index (χ3n) is 1.12. The molecule has 0 heterocycles.